The minimum Gasteiger partial charge on any atom is -0.351 e. The van der Waals surface area contributed by atoms with Gasteiger partial charge in [-0.2, -0.15) is 5.26 Å². The number of nitrogens with zero attached hydrogens (tertiary/aromatic N) is 1. The van der Waals surface area contributed by atoms with Gasteiger partial charge in [0, 0.05) is 6.04 Å². The van der Waals surface area contributed by atoms with Crippen LogP contribution < -0.4 is 11.1 Å². The van der Waals surface area contributed by atoms with Crippen LogP contribution in [0.25, 0.3) is 0 Å². The molecular weight excluding hydrogens is 178 g/mol. The van der Waals surface area contributed by atoms with Crippen LogP contribution in [0.1, 0.15) is 33.6 Å². The van der Waals surface area contributed by atoms with Gasteiger partial charge in [-0.1, -0.05) is 20.8 Å². The van der Waals surface area contributed by atoms with E-state index in [0.29, 0.717) is 6.42 Å². The molecule has 0 fully saturated rings. The number of hydrogen-bond acceptors (Lipinski definition) is 3. The topological polar surface area (TPSA) is 78.9 Å². The summed E-state index contributed by atoms with van der Waals surface area (Å²) in [5.74, 6) is -0.0447. The fourth-order valence-corrected chi connectivity index (χ4v) is 1.01. The zero-order chi connectivity index (χ0) is 11.1. The van der Waals surface area contributed by atoms with Gasteiger partial charge in [-0.15, -0.1) is 0 Å². The summed E-state index contributed by atoms with van der Waals surface area (Å²) in [5.41, 5.74) is 5.66. The maximum Gasteiger partial charge on any atom is 0.237 e. The molecule has 4 heteroatoms. The summed E-state index contributed by atoms with van der Waals surface area (Å²) in [7, 11) is 0. The third-order valence-corrected chi connectivity index (χ3v) is 2.20. The van der Waals surface area contributed by atoms with E-state index in [0.717, 1.165) is 6.42 Å². The van der Waals surface area contributed by atoms with E-state index < -0.39 is 6.04 Å². The number of nitrogens with one attached hydrogen (secondary N) is 1. The minimum absolute atomic E-state index is 0.0719. The van der Waals surface area contributed by atoms with Crippen molar-refractivity contribution in [1.82, 2.24) is 5.32 Å². The lowest BCUT2D eigenvalue weighted by Gasteiger charge is -2.19. The molecule has 0 aromatic heterocycles. The summed E-state index contributed by atoms with van der Waals surface area (Å²) >= 11 is 0. The highest BCUT2D eigenvalue weighted by molar-refractivity contribution is 5.82. The Morgan fingerprint density at radius 1 is 1.57 bits per heavy atom. The lowest BCUT2D eigenvalue weighted by Crippen LogP contribution is -2.47. The molecule has 0 aliphatic carbocycles. The number of nitrogens with two attached hydrogens (primary N) is 1. The van der Waals surface area contributed by atoms with E-state index >= 15 is 0 Å². The quantitative estimate of drug-likeness (QED) is 0.683. The van der Waals surface area contributed by atoms with Gasteiger partial charge in [0.15, 0.2) is 0 Å². The molecule has 0 heterocycles. The molecule has 2 atom stereocenters. The van der Waals surface area contributed by atoms with Crippen LogP contribution in [0.3, 0.4) is 0 Å². The van der Waals surface area contributed by atoms with Crippen molar-refractivity contribution >= 4 is 5.91 Å². The monoisotopic (exact) mass is 197 g/mol. The fourth-order valence-electron chi connectivity index (χ4n) is 1.01. The Balaban J connectivity index is 4.09. The number of nitriles is 1. The van der Waals surface area contributed by atoms with Crippen molar-refractivity contribution in [2.45, 2.75) is 45.7 Å². The van der Waals surface area contributed by atoms with Crippen molar-refractivity contribution in [2.24, 2.45) is 11.7 Å². The van der Waals surface area contributed by atoms with E-state index in [9.17, 15) is 4.79 Å². The second-order valence-corrected chi connectivity index (χ2v) is 3.75. The maximum atomic E-state index is 11.5. The normalized spacial score (nSPS) is 14.6. The second kappa shape index (κ2) is 6.39. The van der Waals surface area contributed by atoms with Crippen molar-refractivity contribution in [1.29, 1.82) is 5.26 Å². The van der Waals surface area contributed by atoms with Gasteiger partial charge in [0.2, 0.25) is 5.91 Å². The largest absolute Gasteiger partial charge is 0.351 e. The Hall–Kier alpha value is -1.08. The molecule has 0 saturated carbocycles. The first-order valence-corrected chi connectivity index (χ1v) is 4.95. The van der Waals surface area contributed by atoms with Crippen LogP contribution in [0.5, 0.6) is 0 Å². The second-order valence-electron chi connectivity index (χ2n) is 3.75. The molecular formula is C10H19N3O. The third-order valence-electron chi connectivity index (χ3n) is 2.20. The van der Waals surface area contributed by atoms with Crippen LogP contribution in [-0.2, 0) is 4.79 Å². The van der Waals surface area contributed by atoms with Crippen LogP contribution in [0.4, 0.5) is 0 Å². The molecule has 0 aliphatic rings. The molecule has 0 aromatic carbocycles. The predicted molar refractivity (Wildman–Crippen MR) is 55.3 cm³/mol. The molecule has 0 spiro atoms. The molecule has 1 amide bonds. The van der Waals surface area contributed by atoms with Crippen molar-refractivity contribution in [3.63, 3.8) is 0 Å². The molecule has 0 aliphatic heterocycles. The number of carbonyl (C=O) groups excluding carboxylic acids is 1. The summed E-state index contributed by atoms with van der Waals surface area (Å²) in [6, 6.07) is 1.48. The molecule has 4 nitrogen and oxygen atoms in total. The molecule has 14 heavy (non-hydrogen) atoms. The summed E-state index contributed by atoms with van der Waals surface area (Å²) in [6.45, 7) is 5.73. The van der Waals surface area contributed by atoms with Crippen LogP contribution in [0.15, 0.2) is 0 Å². The molecule has 80 valence electrons. The average molecular weight is 197 g/mol. The molecule has 0 aromatic rings. The highest BCUT2D eigenvalue weighted by atomic mass is 16.2. The average Bonchev–Trinajstić information content (AvgIpc) is 2.15. The number of amides is 1. The van der Waals surface area contributed by atoms with Gasteiger partial charge < -0.3 is 11.1 Å². The van der Waals surface area contributed by atoms with Crippen LogP contribution in [-0.4, -0.2) is 18.0 Å². The smallest absolute Gasteiger partial charge is 0.237 e. The summed E-state index contributed by atoms with van der Waals surface area (Å²) in [5, 5.41) is 11.3. The van der Waals surface area contributed by atoms with Crippen LogP contribution >= 0.6 is 0 Å². The SMILES string of the molecule is CCC(CC#N)NC(=O)C(N)C(C)C. The Bertz CT molecular complexity index is 220. The van der Waals surface area contributed by atoms with Crippen molar-refractivity contribution < 1.29 is 4.79 Å². The van der Waals surface area contributed by atoms with Gasteiger partial charge in [0.25, 0.3) is 0 Å². The Labute approximate surface area is 85.5 Å². The zero-order valence-corrected chi connectivity index (χ0v) is 9.08. The number of rotatable bonds is 5. The van der Waals surface area contributed by atoms with Crippen molar-refractivity contribution in [3.8, 4) is 6.07 Å². The van der Waals surface area contributed by atoms with Crippen molar-refractivity contribution in [3.05, 3.63) is 0 Å². The number of hydrogen-bond donors (Lipinski definition) is 2. The first-order chi connectivity index (χ1) is 6.52. The van der Waals surface area contributed by atoms with Gasteiger partial charge in [0.1, 0.15) is 0 Å². The van der Waals surface area contributed by atoms with Gasteiger partial charge >= 0.3 is 0 Å². The molecule has 3 N–H and O–H groups in total. The van der Waals surface area contributed by atoms with Gasteiger partial charge in [-0.25, -0.2) is 0 Å². The van der Waals surface area contributed by atoms with Crippen LogP contribution in [0.2, 0.25) is 0 Å². The lowest BCUT2D eigenvalue weighted by molar-refractivity contribution is -0.123. The van der Waals surface area contributed by atoms with E-state index in [1.54, 1.807) is 0 Å². The predicted octanol–water partition coefficient (Wildman–Crippen LogP) is 0.778. The van der Waals surface area contributed by atoms with Crippen LogP contribution in [0, 0.1) is 17.2 Å². The van der Waals surface area contributed by atoms with Gasteiger partial charge in [-0.3, -0.25) is 4.79 Å². The summed E-state index contributed by atoms with van der Waals surface area (Å²) in [4.78, 5) is 11.5. The lowest BCUT2D eigenvalue weighted by atomic mass is 10.0. The van der Waals surface area contributed by atoms with E-state index in [2.05, 4.69) is 5.32 Å². The fraction of sp³-hybridized carbons (Fsp3) is 0.800. The Kier molecular flexibility index (Phi) is 5.89. The van der Waals surface area contributed by atoms with E-state index in [1.165, 1.54) is 0 Å². The highest BCUT2D eigenvalue weighted by Crippen LogP contribution is 2.01. The molecule has 0 rings (SSSR count). The highest BCUT2D eigenvalue weighted by Gasteiger charge is 2.19. The van der Waals surface area contributed by atoms with E-state index in [4.69, 9.17) is 11.0 Å². The Morgan fingerprint density at radius 2 is 2.14 bits per heavy atom. The first-order valence-electron chi connectivity index (χ1n) is 4.95. The zero-order valence-electron chi connectivity index (χ0n) is 9.08. The first kappa shape index (κ1) is 12.9. The molecule has 0 radical (unpaired) electrons. The molecule has 0 saturated heterocycles. The van der Waals surface area contributed by atoms with E-state index in [1.807, 2.05) is 26.8 Å². The standard InChI is InChI=1S/C10H19N3O/c1-4-8(5-6-11)13-10(14)9(12)7(2)3/h7-9H,4-5,12H2,1-3H3,(H,13,14). The van der Waals surface area contributed by atoms with E-state index in [-0.39, 0.29) is 17.9 Å². The summed E-state index contributed by atoms with van der Waals surface area (Å²) in [6.07, 6.45) is 1.09. The minimum atomic E-state index is -0.484. The van der Waals surface area contributed by atoms with Gasteiger partial charge in [0.05, 0.1) is 18.5 Å². The third kappa shape index (κ3) is 4.24. The Morgan fingerprint density at radius 3 is 2.50 bits per heavy atom. The molecule has 2 unspecified atom stereocenters. The number of carbonyl (C=O) groups is 1. The summed E-state index contributed by atoms with van der Waals surface area (Å²) < 4.78 is 0. The maximum absolute atomic E-state index is 11.5. The van der Waals surface area contributed by atoms with Gasteiger partial charge in [-0.05, 0) is 12.3 Å². The molecule has 0 bridgehead atoms. The van der Waals surface area contributed by atoms with Crippen molar-refractivity contribution in [2.75, 3.05) is 0 Å².